The summed E-state index contributed by atoms with van der Waals surface area (Å²) < 4.78 is 6.98. The Morgan fingerprint density at radius 3 is 2.52 bits per heavy atom. The van der Waals surface area contributed by atoms with Crippen LogP contribution in [0.25, 0.3) is 16.9 Å². The predicted molar refractivity (Wildman–Crippen MR) is 96.6 cm³/mol. The minimum Gasteiger partial charge on any atom is -0.497 e. The molecule has 0 unspecified atom stereocenters. The first-order valence-electron chi connectivity index (χ1n) is 8.11. The topological polar surface area (TPSA) is 64.3 Å². The van der Waals surface area contributed by atoms with E-state index in [1.54, 1.807) is 17.9 Å². The number of aryl methyl sites for hydroxylation is 1. The number of hydrogen-bond acceptors (Lipinski definition) is 3. The molecule has 2 aromatic carbocycles. The average molecular weight is 336 g/mol. The van der Waals surface area contributed by atoms with Gasteiger partial charge < -0.3 is 9.84 Å². The van der Waals surface area contributed by atoms with Gasteiger partial charge in [0.15, 0.2) is 0 Å². The zero-order valence-corrected chi connectivity index (χ0v) is 14.5. The number of aromatic carboxylic acids is 1. The standard InChI is InChI=1S/C20H20N2O3/c1-4-17-18(20(23)24)19(14-6-5-7-16(12-14)25-3)21-22(17)15-10-8-13(2)9-11-15/h5-12H,4H2,1-3H3,(H,23,24). The van der Waals surface area contributed by atoms with Gasteiger partial charge >= 0.3 is 5.97 Å². The molecule has 0 saturated heterocycles. The minimum absolute atomic E-state index is 0.233. The molecule has 3 rings (SSSR count). The van der Waals surface area contributed by atoms with Crippen LogP contribution in [0.4, 0.5) is 0 Å². The summed E-state index contributed by atoms with van der Waals surface area (Å²) in [5.41, 5.74) is 4.06. The highest BCUT2D eigenvalue weighted by Crippen LogP contribution is 2.30. The molecule has 0 radical (unpaired) electrons. The van der Waals surface area contributed by atoms with E-state index in [2.05, 4.69) is 5.10 Å². The largest absolute Gasteiger partial charge is 0.497 e. The third kappa shape index (κ3) is 3.13. The monoisotopic (exact) mass is 336 g/mol. The van der Waals surface area contributed by atoms with Gasteiger partial charge in [0.1, 0.15) is 17.0 Å². The van der Waals surface area contributed by atoms with Crippen LogP contribution in [0.3, 0.4) is 0 Å². The van der Waals surface area contributed by atoms with Crippen molar-refractivity contribution in [3.63, 3.8) is 0 Å². The van der Waals surface area contributed by atoms with Crippen LogP contribution in [0.2, 0.25) is 0 Å². The van der Waals surface area contributed by atoms with E-state index in [0.29, 0.717) is 23.6 Å². The molecule has 0 atom stereocenters. The van der Waals surface area contributed by atoms with Crippen molar-refractivity contribution in [3.05, 3.63) is 65.4 Å². The van der Waals surface area contributed by atoms with E-state index in [1.807, 2.05) is 56.3 Å². The number of ether oxygens (including phenoxy) is 1. The molecule has 1 aromatic heterocycles. The van der Waals surface area contributed by atoms with Crippen molar-refractivity contribution < 1.29 is 14.6 Å². The summed E-state index contributed by atoms with van der Waals surface area (Å²) in [5, 5.41) is 14.4. The first kappa shape index (κ1) is 16.8. The van der Waals surface area contributed by atoms with Crippen LogP contribution in [-0.4, -0.2) is 28.0 Å². The molecule has 0 spiro atoms. The van der Waals surface area contributed by atoms with Crippen molar-refractivity contribution >= 4 is 5.97 Å². The molecule has 0 saturated carbocycles. The molecular weight excluding hydrogens is 316 g/mol. The van der Waals surface area contributed by atoms with E-state index in [4.69, 9.17) is 4.74 Å². The van der Waals surface area contributed by atoms with Crippen molar-refractivity contribution in [2.45, 2.75) is 20.3 Å². The molecule has 0 aliphatic rings. The van der Waals surface area contributed by atoms with Gasteiger partial charge in [-0.3, -0.25) is 0 Å². The number of benzene rings is 2. The Hall–Kier alpha value is -3.08. The van der Waals surface area contributed by atoms with E-state index in [-0.39, 0.29) is 5.56 Å². The lowest BCUT2D eigenvalue weighted by Crippen LogP contribution is -2.05. The zero-order valence-electron chi connectivity index (χ0n) is 14.5. The highest BCUT2D eigenvalue weighted by Gasteiger charge is 2.24. The van der Waals surface area contributed by atoms with Gasteiger partial charge in [-0.1, -0.05) is 36.8 Å². The van der Waals surface area contributed by atoms with Gasteiger partial charge in [0.25, 0.3) is 0 Å². The second-order valence-corrected chi connectivity index (χ2v) is 5.81. The molecule has 0 aliphatic heterocycles. The summed E-state index contributed by atoms with van der Waals surface area (Å²) in [5.74, 6) is -0.315. The van der Waals surface area contributed by atoms with E-state index in [1.165, 1.54) is 0 Å². The number of carboxylic acid groups (broad SMARTS) is 1. The van der Waals surface area contributed by atoms with E-state index < -0.39 is 5.97 Å². The maximum absolute atomic E-state index is 11.9. The molecular formula is C20H20N2O3. The predicted octanol–water partition coefficient (Wildman–Crippen LogP) is 4.12. The molecule has 1 heterocycles. The van der Waals surface area contributed by atoms with Crippen molar-refractivity contribution in [2.75, 3.05) is 7.11 Å². The highest BCUT2D eigenvalue weighted by atomic mass is 16.5. The molecule has 0 bridgehead atoms. The number of carbonyl (C=O) groups is 1. The van der Waals surface area contributed by atoms with Gasteiger partial charge in [0.05, 0.1) is 18.5 Å². The third-order valence-corrected chi connectivity index (χ3v) is 4.15. The van der Waals surface area contributed by atoms with Crippen LogP contribution in [0.5, 0.6) is 5.75 Å². The van der Waals surface area contributed by atoms with Crippen molar-refractivity contribution in [1.29, 1.82) is 0 Å². The Bertz CT molecular complexity index is 911. The maximum atomic E-state index is 11.9. The average Bonchev–Trinajstić information content (AvgIpc) is 3.02. The van der Waals surface area contributed by atoms with Crippen LogP contribution in [0.15, 0.2) is 48.5 Å². The summed E-state index contributed by atoms with van der Waals surface area (Å²) >= 11 is 0. The molecule has 1 N–H and O–H groups in total. The SMILES string of the molecule is CCc1c(C(=O)O)c(-c2cccc(OC)c2)nn1-c1ccc(C)cc1. The van der Waals surface area contributed by atoms with Crippen LogP contribution in [0, 0.1) is 6.92 Å². The fourth-order valence-electron chi connectivity index (χ4n) is 2.88. The minimum atomic E-state index is -0.979. The van der Waals surface area contributed by atoms with Crippen LogP contribution in [0.1, 0.15) is 28.5 Å². The Morgan fingerprint density at radius 1 is 1.20 bits per heavy atom. The van der Waals surface area contributed by atoms with E-state index in [9.17, 15) is 9.90 Å². The highest BCUT2D eigenvalue weighted by molar-refractivity contribution is 5.96. The number of carboxylic acids is 1. The lowest BCUT2D eigenvalue weighted by Gasteiger charge is -2.06. The lowest BCUT2D eigenvalue weighted by molar-refractivity contribution is 0.0696. The summed E-state index contributed by atoms with van der Waals surface area (Å²) in [7, 11) is 1.58. The number of hydrogen-bond donors (Lipinski definition) is 1. The number of rotatable bonds is 5. The number of nitrogens with zero attached hydrogens (tertiary/aromatic N) is 2. The Balaban J connectivity index is 2.24. The molecule has 3 aromatic rings. The molecule has 0 amide bonds. The fourth-order valence-corrected chi connectivity index (χ4v) is 2.88. The Morgan fingerprint density at radius 2 is 1.92 bits per heavy atom. The van der Waals surface area contributed by atoms with Gasteiger partial charge in [-0.15, -0.1) is 0 Å². The van der Waals surface area contributed by atoms with Crippen LogP contribution in [-0.2, 0) is 6.42 Å². The molecule has 25 heavy (non-hydrogen) atoms. The molecule has 128 valence electrons. The first-order valence-corrected chi connectivity index (χ1v) is 8.11. The quantitative estimate of drug-likeness (QED) is 0.761. The molecule has 0 aliphatic carbocycles. The van der Waals surface area contributed by atoms with Gasteiger partial charge in [0.2, 0.25) is 0 Å². The van der Waals surface area contributed by atoms with Crippen molar-refractivity contribution in [2.24, 2.45) is 0 Å². The zero-order chi connectivity index (χ0) is 18.0. The Kier molecular flexibility index (Phi) is 4.57. The van der Waals surface area contributed by atoms with Crippen LogP contribution >= 0.6 is 0 Å². The van der Waals surface area contributed by atoms with Crippen molar-refractivity contribution in [1.82, 2.24) is 9.78 Å². The summed E-state index contributed by atoms with van der Waals surface area (Å²) in [6, 6.07) is 15.2. The normalized spacial score (nSPS) is 10.7. The summed E-state index contributed by atoms with van der Waals surface area (Å²) in [6.07, 6.45) is 0.562. The summed E-state index contributed by atoms with van der Waals surface area (Å²) in [4.78, 5) is 11.9. The molecule has 5 nitrogen and oxygen atoms in total. The fraction of sp³-hybridized carbons (Fsp3) is 0.200. The number of aromatic nitrogens is 2. The smallest absolute Gasteiger partial charge is 0.339 e. The summed E-state index contributed by atoms with van der Waals surface area (Å²) in [6.45, 7) is 3.95. The van der Waals surface area contributed by atoms with E-state index in [0.717, 1.165) is 16.8 Å². The number of methoxy groups -OCH3 is 1. The van der Waals surface area contributed by atoms with Crippen molar-refractivity contribution in [3.8, 4) is 22.7 Å². The molecule has 0 fully saturated rings. The second kappa shape index (κ2) is 6.81. The maximum Gasteiger partial charge on any atom is 0.339 e. The third-order valence-electron chi connectivity index (χ3n) is 4.15. The van der Waals surface area contributed by atoms with E-state index >= 15 is 0 Å². The lowest BCUT2D eigenvalue weighted by atomic mass is 10.0. The Labute approximate surface area is 146 Å². The van der Waals surface area contributed by atoms with Gasteiger partial charge in [-0.2, -0.15) is 5.10 Å². The first-order chi connectivity index (χ1) is 12.0. The van der Waals surface area contributed by atoms with Gasteiger partial charge in [-0.25, -0.2) is 9.48 Å². The van der Waals surface area contributed by atoms with Gasteiger partial charge in [0, 0.05) is 5.56 Å². The second-order valence-electron chi connectivity index (χ2n) is 5.81. The van der Waals surface area contributed by atoms with Gasteiger partial charge in [-0.05, 0) is 37.6 Å². The molecule has 5 heteroatoms. The van der Waals surface area contributed by atoms with Crippen LogP contribution < -0.4 is 4.74 Å².